The zero-order valence-corrected chi connectivity index (χ0v) is 14.9. The summed E-state index contributed by atoms with van der Waals surface area (Å²) in [6.45, 7) is 6.13. The molecule has 0 bridgehead atoms. The maximum atomic E-state index is 13.0. The summed E-state index contributed by atoms with van der Waals surface area (Å²) in [5, 5.41) is 4.07. The molecule has 2 unspecified atom stereocenters. The number of amides is 1. The molecule has 132 valence electrons. The smallest absolute Gasteiger partial charge is 0.264 e. The lowest BCUT2D eigenvalue weighted by Gasteiger charge is -2.22. The van der Waals surface area contributed by atoms with Gasteiger partial charge in [-0.05, 0) is 57.2 Å². The fraction of sp³-hybridized carbons (Fsp3) is 0.500. The third kappa shape index (κ3) is 2.76. The van der Waals surface area contributed by atoms with Crippen LogP contribution in [0.5, 0.6) is 0 Å². The van der Waals surface area contributed by atoms with Gasteiger partial charge in [0.05, 0.1) is 5.52 Å². The SMILES string of the molecule is CC(C)n1c(=O)c(C(=O)NC2CCN3CCCC23)cc2ccccc21. The highest BCUT2D eigenvalue weighted by Crippen LogP contribution is 2.28. The second kappa shape index (κ2) is 6.30. The number of fused-ring (bicyclic) bond motifs is 2. The van der Waals surface area contributed by atoms with E-state index in [1.807, 2.05) is 38.1 Å². The van der Waals surface area contributed by atoms with E-state index in [2.05, 4.69) is 10.2 Å². The molecule has 2 fully saturated rings. The standard InChI is InChI=1S/C20H25N3O2/c1-13(2)23-17-7-4-3-6-14(17)12-15(20(23)25)19(24)21-16-9-11-22-10-5-8-18(16)22/h3-4,6-7,12-13,16,18H,5,8-11H2,1-2H3,(H,21,24). The molecule has 5 heteroatoms. The van der Waals surface area contributed by atoms with Crippen LogP contribution < -0.4 is 10.9 Å². The number of carbonyl (C=O) groups excluding carboxylic acids is 1. The molecule has 2 aliphatic rings. The number of hydrogen-bond donors (Lipinski definition) is 1. The quantitative estimate of drug-likeness (QED) is 0.935. The Kier molecular flexibility index (Phi) is 4.12. The van der Waals surface area contributed by atoms with E-state index >= 15 is 0 Å². The van der Waals surface area contributed by atoms with E-state index in [9.17, 15) is 9.59 Å². The average Bonchev–Trinajstić information content (AvgIpc) is 3.19. The highest BCUT2D eigenvalue weighted by molar-refractivity contribution is 5.97. The van der Waals surface area contributed by atoms with Crippen molar-refractivity contribution in [2.24, 2.45) is 0 Å². The maximum absolute atomic E-state index is 13.0. The van der Waals surface area contributed by atoms with Gasteiger partial charge in [0, 0.05) is 24.7 Å². The van der Waals surface area contributed by atoms with Crippen LogP contribution in [0.4, 0.5) is 0 Å². The molecule has 5 nitrogen and oxygen atoms in total. The second-order valence-corrected chi connectivity index (χ2v) is 7.50. The van der Waals surface area contributed by atoms with Crippen LogP contribution in [0.15, 0.2) is 35.1 Å². The first-order chi connectivity index (χ1) is 12.1. The largest absolute Gasteiger partial charge is 0.348 e. The van der Waals surface area contributed by atoms with Crippen LogP contribution in [0, 0.1) is 0 Å². The fourth-order valence-corrected chi connectivity index (χ4v) is 4.46. The second-order valence-electron chi connectivity index (χ2n) is 7.50. The van der Waals surface area contributed by atoms with E-state index in [4.69, 9.17) is 0 Å². The van der Waals surface area contributed by atoms with Crippen molar-refractivity contribution >= 4 is 16.8 Å². The predicted molar refractivity (Wildman–Crippen MR) is 99.1 cm³/mol. The van der Waals surface area contributed by atoms with Crippen molar-refractivity contribution in [3.63, 3.8) is 0 Å². The normalized spacial score (nSPS) is 23.3. The van der Waals surface area contributed by atoms with Crippen molar-refractivity contribution < 1.29 is 4.79 Å². The molecule has 25 heavy (non-hydrogen) atoms. The van der Waals surface area contributed by atoms with Gasteiger partial charge in [0.1, 0.15) is 5.56 Å². The summed E-state index contributed by atoms with van der Waals surface area (Å²) in [5.41, 5.74) is 0.929. The summed E-state index contributed by atoms with van der Waals surface area (Å²) in [6.07, 6.45) is 3.31. The summed E-state index contributed by atoms with van der Waals surface area (Å²) in [6, 6.07) is 10.1. The first-order valence-corrected chi connectivity index (χ1v) is 9.25. The summed E-state index contributed by atoms with van der Waals surface area (Å²) < 4.78 is 1.72. The van der Waals surface area contributed by atoms with Crippen LogP contribution in [0.1, 0.15) is 49.5 Å². The van der Waals surface area contributed by atoms with E-state index in [1.165, 1.54) is 6.42 Å². The molecule has 1 aromatic heterocycles. The molecule has 0 radical (unpaired) electrons. The highest BCUT2D eigenvalue weighted by atomic mass is 16.2. The van der Waals surface area contributed by atoms with Gasteiger partial charge in [0.15, 0.2) is 0 Å². The van der Waals surface area contributed by atoms with E-state index in [-0.39, 0.29) is 29.1 Å². The Balaban J connectivity index is 1.70. The minimum Gasteiger partial charge on any atom is -0.348 e. The molecule has 2 aromatic rings. The van der Waals surface area contributed by atoms with Crippen LogP contribution >= 0.6 is 0 Å². The van der Waals surface area contributed by atoms with Crippen molar-refractivity contribution in [2.45, 2.75) is 51.2 Å². The van der Waals surface area contributed by atoms with Crippen molar-refractivity contribution in [3.05, 3.63) is 46.2 Å². The summed E-state index contributed by atoms with van der Waals surface area (Å²) in [4.78, 5) is 28.3. The van der Waals surface area contributed by atoms with Gasteiger partial charge in [-0.2, -0.15) is 0 Å². The third-order valence-electron chi connectivity index (χ3n) is 5.63. The van der Waals surface area contributed by atoms with E-state index in [0.717, 1.165) is 36.8 Å². The van der Waals surface area contributed by atoms with Gasteiger partial charge < -0.3 is 9.88 Å². The van der Waals surface area contributed by atoms with Crippen molar-refractivity contribution in [1.82, 2.24) is 14.8 Å². The molecule has 4 rings (SSSR count). The number of hydrogen-bond acceptors (Lipinski definition) is 3. The van der Waals surface area contributed by atoms with Gasteiger partial charge in [-0.3, -0.25) is 14.5 Å². The van der Waals surface area contributed by atoms with Gasteiger partial charge in [0.2, 0.25) is 0 Å². The molecule has 1 aromatic carbocycles. The first-order valence-electron chi connectivity index (χ1n) is 9.25. The predicted octanol–water partition coefficient (Wildman–Crippen LogP) is 2.55. The fourth-order valence-electron chi connectivity index (χ4n) is 4.46. The number of para-hydroxylation sites is 1. The Labute approximate surface area is 147 Å². The van der Waals surface area contributed by atoms with Gasteiger partial charge >= 0.3 is 0 Å². The van der Waals surface area contributed by atoms with Crippen LogP contribution in [0.3, 0.4) is 0 Å². The maximum Gasteiger partial charge on any atom is 0.264 e. The van der Waals surface area contributed by atoms with E-state index in [1.54, 1.807) is 10.6 Å². The number of aromatic nitrogens is 1. The Morgan fingerprint density at radius 1 is 1.20 bits per heavy atom. The molecular weight excluding hydrogens is 314 g/mol. The zero-order chi connectivity index (χ0) is 17.6. The minimum absolute atomic E-state index is 0.00181. The lowest BCUT2D eigenvalue weighted by atomic mass is 10.1. The van der Waals surface area contributed by atoms with Crippen molar-refractivity contribution in [3.8, 4) is 0 Å². The molecule has 0 spiro atoms. The molecule has 0 saturated carbocycles. The summed E-state index contributed by atoms with van der Waals surface area (Å²) in [5.74, 6) is -0.232. The van der Waals surface area contributed by atoms with Crippen molar-refractivity contribution in [2.75, 3.05) is 13.1 Å². The molecule has 2 atom stereocenters. The molecule has 0 aliphatic carbocycles. The van der Waals surface area contributed by atoms with Gasteiger partial charge in [-0.15, -0.1) is 0 Å². The first kappa shape index (κ1) is 16.3. The number of carbonyl (C=O) groups is 1. The topological polar surface area (TPSA) is 54.3 Å². The summed E-state index contributed by atoms with van der Waals surface area (Å²) in [7, 11) is 0. The minimum atomic E-state index is -0.232. The van der Waals surface area contributed by atoms with Crippen molar-refractivity contribution in [1.29, 1.82) is 0 Å². The Hall–Kier alpha value is -2.14. The van der Waals surface area contributed by atoms with Gasteiger partial charge in [0.25, 0.3) is 11.5 Å². The van der Waals surface area contributed by atoms with Gasteiger partial charge in [-0.1, -0.05) is 18.2 Å². The average molecular weight is 339 g/mol. The Morgan fingerprint density at radius 2 is 2.00 bits per heavy atom. The number of rotatable bonds is 3. The molecule has 3 heterocycles. The number of nitrogens with one attached hydrogen (secondary N) is 1. The highest BCUT2D eigenvalue weighted by Gasteiger charge is 2.38. The summed E-state index contributed by atoms with van der Waals surface area (Å²) >= 11 is 0. The lowest BCUT2D eigenvalue weighted by molar-refractivity contribution is 0.0927. The molecule has 1 amide bonds. The van der Waals surface area contributed by atoms with Gasteiger partial charge in [-0.25, -0.2) is 0 Å². The monoisotopic (exact) mass is 339 g/mol. The van der Waals surface area contributed by atoms with Crippen LogP contribution in [-0.2, 0) is 0 Å². The van der Waals surface area contributed by atoms with Crippen LogP contribution in [-0.4, -0.2) is 40.5 Å². The zero-order valence-electron chi connectivity index (χ0n) is 14.9. The number of pyridine rings is 1. The van der Waals surface area contributed by atoms with E-state index in [0.29, 0.717) is 6.04 Å². The van der Waals surface area contributed by atoms with Crippen LogP contribution in [0.2, 0.25) is 0 Å². The molecule has 2 aliphatic heterocycles. The third-order valence-corrected chi connectivity index (χ3v) is 5.63. The van der Waals surface area contributed by atoms with E-state index < -0.39 is 0 Å². The number of nitrogens with zero attached hydrogens (tertiary/aromatic N) is 2. The molecular formula is C20H25N3O2. The van der Waals surface area contributed by atoms with Crippen LogP contribution in [0.25, 0.3) is 10.9 Å². The Morgan fingerprint density at radius 3 is 2.80 bits per heavy atom. The lowest BCUT2D eigenvalue weighted by Crippen LogP contribution is -2.44. The Bertz CT molecular complexity index is 871. The molecule has 1 N–H and O–H groups in total. The number of benzene rings is 1. The molecule has 2 saturated heterocycles.